The number of ether oxygens (including phenoxy) is 1. The smallest absolute Gasteiger partial charge is 0.224 e. The molecule has 0 spiro atoms. The van der Waals surface area contributed by atoms with E-state index in [2.05, 4.69) is 11.4 Å². The highest BCUT2D eigenvalue weighted by Gasteiger charge is 2.37. The molecule has 3 rings (SSSR count). The summed E-state index contributed by atoms with van der Waals surface area (Å²) in [5.41, 5.74) is 1.74. The summed E-state index contributed by atoms with van der Waals surface area (Å²) < 4.78 is 31.1. The van der Waals surface area contributed by atoms with E-state index in [4.69, 9.17) is 4.74 Å². The molecule has 6 nitrogen and oxygen atoms in total. The van der Waals surface area contributed by atoms with E-state index in [0.717, 1.165) is 16.9 Å². The predicted molar refractivity (Wildman–Crippen MR) is 101 cm³/mol. The van der Waals surface area contributed by atoms with Gasteiger partial charge in [0.2, 0.25) is 15.9 Å². The van der Waals surface area contributed by atoms with Crippen molar-refractivity contribution in [1.82, 2.24) is 9.62 Å². The molecule has 2 heterocycles. The van der Waals surface area contributed by atoms with Crippen LogP contribution in [0.5, 0.6) is 5.75 Å². The molecule has 0 bridgehead atoms. The lowest BCUT2D eigenvalue weighted by Gasteiger charge is -2.39. The molecular formula is C19H28N2O4S. The van der Waals surface area contributed by atoms with Gasteiger partial charge in [-0.3, -0.25) is 4.79 Å². The fourth-order valence-corrected chi connectivity index (χ4v) is 4.76. The maximum Gasteiger partial charge on any atom is 0.224 e. The molecule has 26 heavy (non-hydrogen) atoms. The van der Waals surface area contributed by atoms with Crippen molar-refractivity contribution in [2.75, 3.05) is 19.3 Å². The van der Waals surface area contributed by atoms with E-state index in [0.29, 0.717) is 25.8 Å². The van der Waals surface area contributed by atoms with Gasteiger partial charge in [0, 0.05) is 25.1 Å². The van der Waals surface area contributed by atoms with E-state index in [1.54, 1.807) is 0 Å². The Labute approximate surface area is 156 Å². The number of nitrogens with one attached hydrogen (secondary N) is 1. The minimum absolute atomic E-state index is 0.0755. The monoisotopic (exact) mass is 380 g/mol. The van der Waals surface area contributed by atoms with Gasteiger partial charge < -0.3 is 10.1 Å². The van der Waals surface area contributed by atoms with Crippen LogP contribution < -0.4 is 10.1 Å². The number of rotatable bonds is 3. The van der Waals surface area contributed by atoms with Crippen molar-refractivity contribution in [2.45, 2.75) is 51.7 Å². The number of benzene rings is 1. The molecule has 1 aromatic rings. The molecule has 1 fully saturated rings. The number of fused-ring (bicyclic) bond motifs is 1. The Morgan fingerprint density at radius 1 is 1.35 bits per heavy atom. The molecule has 1 aromatic carbocycles. The van der Waals surface area contributed by atoms with Crippen molar-refractivity contribution in [3.63, 3.8) is 0 Å². The van der Waals surface area contributed by atoms with Crippen LogP contribution in [-0.4, -0.2) is 43.6 Å². The van der Waals surface area contributed by atoms with Gasteiger partial charge >= 0.3 is 0 Å². The van der Waals surface area contributed by atoms with Gasteiger partial charge in [0.05, 0.1) is 18.2 Å². The summed E-state index contributed by atoms with van der Waals surface area (Å²) in [7, 11) is -3.26. The number of sulfonamides is 1. The first-order valence-corrected chi connectivity index (χ1v) is 10.9. The Morgan fingerprint density at radius 3 is 2.77 bits per heavy atom. The van der Waals surface area contributed by atoms with Crippen molar-refractivity contribution in [3.8, 4) is 5.75 Å². The molecule has 1 N–H and O–H groups in total. The Balaban J connectivity index is 1.78. The molecular weight excluding hydrogens is 352 g/mol. The zero-order valence-corrected chi connectivity index (χ0v) is 16.7. The SMILES string of the molecule is Cc1ccc2c(c1)[C@H](NC(=O)[C@@H]1CCCN(S(C)(=O)=O)C1)CC(C)(C)O2. The molecule has 0 radical (unpaired) electrons. The van der Waals surface area contributed by atoms with Crippen molar-refractivity contribution in [2.24, 2.45) is 5.92 Å². The summed E-state index contributed by atoms with van der Waals surface area (Å²) in [6, 6.07) is 5.88. The highest BCUT2D eigenvalue weighted by molar-refractivity contribution is 7.88. The molecule has 2 aliphatic rings. The van der Waals surface area contributed by atoms with Crippen LogP contribution >= 0.6 is 0 Å². The second-order valence-corrected chi connectivity index (χ2v) is 10.1. The van der Waals surface area contributed by atoms with Gasteiger partial charge in [0.15, 0.2) is 0 Å². The van der Waals surface area contributed by atoms with Crippen LogP contribution in [0, 0.1) is 12.8 Å². The molecule has 1 amide bonds. The quantitative estimate of drug-likeness (QED) is 0.874. The van der Waals surface area contributed by atoms with Gasteiger partial charge in [-0.1, -0.05) is 17.7 Å². The number of hydrogen-bond donors (Lipinski definition) is 1. The van der Waals surface area contributed by atoms with E-state index in [9.17, 15) is 13.2 Å². The van der Waals surface area contributed by atoms with Gasteiger partial charge in [-0.15, -0.1) is 0 Å². The van der Waals surface area contributed by atoms with E-state index in [1.165, 1.54) is 10.6 Å². The summed E-state index contributed by atoms with van der Waals surface area (Å²) in [6.07, 6.45) is 3.30. The second-order valence-electron chi connectivity index (χ2n) is 8.13. The van der Waals surface area contributed by atoms with Crippen LogP contribution in [0.1, 0.15) is 50.3 Å². The van der Waals surface area contributed by atoms with Crippen molar-refractivity contribution in [3.05, 3.63) is 29.3 Å². The number of hydrogen-bond acceptors (Lipinski definition) is 4. The number of piperidine rings is 1. The van der Waals surface area contributed by atoms with Gasteiger partial charge in [-0.25, -0.2) is 12.7 Å². The Kier molecular flexibility index (Phi) is 5.05. The fraction of sp³-hybridized carbons (Fsp3) is 0.632. The average Bonchev–Trinajstić information content (AvgIpc) is 2.54. The van der Waals surface area contributed by atoms with Crippen molar-refractivity contribution in [1.29, 1.82) is 0 Å². The van der Waals surface area contributed by atoms with E-state index < -0.39 is 10.0 Å². The first kappa shape index (κ1) is 19.2. The summed E-state index contributed by atoms with van der Waals surface area (Å²) in [5.74, 6) is 0.421. The van der Waals surface area contributed by atoms with Gasteiger partial charge in [-0.2, -0.15) is 0 Å². The minimum Gasteiger partial charge on any atom is -0.487 e. The maximum atomic E-state index is 12.9. The molecule has 1 saturated heterocycles. The number of carbonyl (C=O) groups is 1. The van der Waals surface area contributed by atoms with E-state index in [1.807, 2.05) is 32.9 Å². The maximum absolute atomic E-state index is 12.9. The summed E-state index contributed by atoms with van der Waals surface area (Å²) in [5, 5.41) is 3.16. The molecule has 2 atom stereocenters. The normalized spacial score (nSPS) is 25.8. The standard InChI is InChI=1S/C19H28N2O4S/c1-13-7-8-17-15(10-13)16(11-19(2,3)25-17)20-18(22)14-6-5-9-21(12-14)26(4,23)24/h7-8,10,14,16H,5-6,9,11-12H2,1-4H3,(H,20,22)/t14-,16-/m1/s1. The number of aryl methyl sites for hydroxylation is 1. The van der Waals surface area contributed by atoms with Crippen molar-refractivity contribution < 1.29 is 17.9 Å². The summed E-state index contributed by atoms with van der Waals surface area (Å²) in [4.78, 5) is 12.9. The lowest BCUT2D eigenvalue weighted by molar-refractivity contribution is -0.127. The van der Waals surface area contributed by atoms with Crippen LogP contribution in [0.15, 0.2) is 18.2 Å². The van der Waals surface area contributed by atoms with Gasteiger partial charge in [-0.05, 0) is 39.7 Å². The second kappa shape index (κ2) is 6.85. The average molecular weight is 381 g/mol. The third-order valence-corrected chi connectivity index (χ3v) is 6.43. The third-order valence-electron chi connectivity index (χ3n) is 5.16. The molecule has 0 unspecified atom stereocenters. The highest BCUT2D eigenvalue weighted by Crippen LogP contribution is 2.40. The summed E-state index contributed by atoms with van der Waals surface area (Å²) in [6.45, 7) is 6.80. The first-order chi connectivity index (χ1) is 12.0. The number of nitrogens with zero attached hydrogens (tertiary/aromatic N) is 1. The molecule has 0 aromatic heterocycles. The minimum atomic E-state index is -3.26. The lowest BCUT2D eigenvalue weighted by Crippen LogP contribution is -2.47. The molecule has 0 saturated carbocycles. The van der Waals surface area contributed by atoms with Crippen molar-refractivity contribution >= 4 is 15.9 Å². The zero-order valence-electron chi connectivity index (χ0n) is 15.9. The number of carbonyl (C=O) groups excluding carboxylic acids is 1. The predicted octanol–water partition coefficient (Wildman–Crippen LogP) is 2.39. The summed E-state index contributed by atoms with van der Waals surface area (Å²) >= 11 is 0. The van der Waals surface area contributed by atoms with Crippen LogP contribution in [0.3, 0.4) is 0 Å². The lowest BCUT2D eigenvalue weighted by atomic mass is 9.88. The van der Waals surface area contributed by atoms with Gasteiger partial charge in [0.1, 0.15) is 11.4 Å². The van der Waals surface area contributed by atoms with E-state index >= 15 is 0 Å². The fourth-order valence-electron chi connectivity index (χ4n) is 3.85. The molecule has 144 valence electrons. The third kappa shape index (κ3) is 4.20. The van der Waals surface area contributed by atoms with Crippen LogP contribution in [0.4, 0.5) is 0 Å². The molecule has 2 aliphatic heterocycles. The highest BCUT2D eigenvalue weighted by atomic mass is 32.2. The Bertz CT molecular complexity index is 804. The van der Waals surface area contributed by atoms with Crippen LogP contribution in [0.25, 0.3) is 0 Å². The molecule has 0 aliphatic carbocycles. The van der Waals surface area contributed by atoms with Crippen LogP contribution in [-0.2, 0) is 14.8 Å². The zero-order chi connectivity index (χ0) is 19.1. The van der Waals surface area contributed by atoms with Gasteiger partial charge in [0.25, 0.3) is 0 Å². The number of amides is 1. The Morgan fingerprint density at radius 2 is 2.08 bits per heavy atom. The van der Waals surface area contributed by atoms with Crippen LogP contribution in [0.2, 0.25) is 0 Å². The Hall–Kier alpha value is -1.60. The van der Waals surface area contributed by atoms with E-state index in [-0.39, 0.29) is 30.0 Å². The largest absolute Gasteiger partial charge is 0.487 e. The topological polar surface area (TPSA) is 75.7 Å². The first-order valence-electron chi connectivity index (χ1n) is 9.10. The molecule has 7 heteroatoms.